The molecule has 0 radical (unpaired) electrons. The lowest BCUT2D eigenvalue weighted by Crippen LogP contribution is -2.08. The maximum Gasteiger partial charge on any atom is 0.389 e. The summed E-state index contributed by atoms with van der Waals surface area (Å²) < 4.78 is 35.8. The molecule has 15 heavy (non-hydrogen) atoms. The highest BCUT2D eigenvalue weighted by Crippen LogP contribution is 2.31. The van der Waals surface area contributed by atoms with E-state index in [4.69, 9.17) is 11.6 Å². The Kier molecular flexibility index (Phi) is 4.03. The van der Waals surface area contributed by atoms with Gasteiger partial charge in [0.1, 0.15) is 0 Å². The molecule has 0 N–H and O–H groups in total. The van der Waals surface area contributed by atoms with Gasteiger partial charge in [-0.15, -0.1) is 11.6 Å². The Morgan fingerprint density at radius 2 is 1.73 bits per heavy atom. The molecule has 0 saturated carbocycles. The van der Waals surface area contributed by atoms with Crippen LogP contribution >= 0.6 is 11.6 Å². The van der Waals surface area contributed by atoms with Crippen molar-refractivity contribution in [1.82, 2.24) is 0 Å². The van der Waals surface area contributed by atoms with Gasteiger partial charge in [0.2, 0.25) is 0 Å². The molecule has 1 unspecified atom stereocenters. The van der Waals surface area contributed by atoms with E-state index >= 15 is 0 Å². The van der Waals surface area contributed by atoms with Gasteiger partial charge in [-0.3, -0.25) is 0 Å². The van der Waals surface area contributed by atoms with Crippen molar-refractivity contribution in [1.29, 1.82) is 0 Å². The normalized spacial score (nSPS) is 13.9. The monoisotopic (exact) mass is 236 g/mol. The number of halogens is 4. The van der Waals surface area contributed by atoms with E-state index in [9.17, 15) is 13.2 Å². The molecule has 1 aromatic carbocycles. The average Bonchev–Trinajstić information content (AvgIpc) is 2.14. The smallest absolute Gasteiger partial charge is 0.171 e. The Labute approximate surface area is 92.1 Å². The molecule has 1 atom stereocenters. The summed E-state index contributed by atoms with van der Waals surface area (Å²) >= 11 is 5.86. The zero-order chi connectivity index (χ0) is 11.5. The topological polar surface area (TPSA) is 0 Å². The number of aryl methyl sites for hydroxylation is 1. The molecule has 4 heteroatoms. The van der Waals surface area contributed by atoms with E-state index in [0.29, 0.717) is 0 Å². The van der Waals surface area contributed by atoms with Gasteiger partial charge in [0.15, 0.2) is 0 Å². The highest BCUT2D eigenvalue weighted by molar-refractivity contribution is 6.20. The van der Waals surface area contributed by atoms with Gasteiger partial charge in [-0.1, -0.05) is 29.8 Å². The maximum absolute atomic E-state index is 11.9. The van der Waals surface area contributed by atoms with Crippen LogP contribution in [-0.4, -0.2) is 6.18 Å². The van der Waals surface area contributed by atoms with Crippen LogP contribution in [0.5, 0.6) is 0 Å². The van der Waals surface area contributed by atoms with Gasteiger partial charge < -0.3 is 0 Å². The zero-order valence-electron chi connectivity index (χ0n) is 8.31. The molecule has 0 bridgehead atoms. The van der Waals surface area contributed by atoms with Crippen molar-refractivity contribution in [2.75, 3.05) is 0 Å². The second kappa shape index (κ2) is 4.88. The molecule has 1 aromatic rings. The van der Waals surface area contributed by atoms with Gasteiger partial charge in [-0.2, -0.15) is 13.2 Å². The molecule has 0 aromatic heterocycles. The Morgan fingerprint density at radius 1 is 1.20 bits per heavy atom. The fourth-order valence-electron chi connectivity index (χ4n) is 1.23. The van der Waals surface area contributed by atoms with Crippen molar-refractivity contribution in [3.8, 4) is 0 Å². The Balaban J connectivity index is 2.54. The highest BCUT2D eigenvalue weighted by atomic mass is 35.5. The van der Waals surface area contributed by atoms with Gasteiger partial charge in [0.25, 0.3) is 0 Å². The first-order valence-corrected chi connectivity index (χ1v) is 5.09. The number of hydrogen-bond acceptors (Lipinski definition) is 0. The lowest BCUT2D eigenvalue weighted by molar-refractivity contribution is -0.135. The van der Waals surface area contributed by atoms with Crippen molar-refractivity contribution in [3.63, 3.8) is 0 Å². The largest absolute Gasteiger partial charge is 0.389 e. The molecule has 0 aliphatic heterocycles. The predicted molar refractivity (Wildman–Crippen MR) is 55.1 cm³/mol. The maximum atomic E-state index is 11.9. The molecule has 84 valence electrons. The fraction of sp³-hybridized carbons (Fsp3) is 0.455. The van der Waals surface area contributed by atoms with Crippen LogP contribution in [0.15, 0.2) is 24.3 Å². The standard InChI is InChI=1S/C11H12ClF3/c1-8-2-4-9(5-3-8)10(12)6-7-11(13,14)15/h2-5,10H,6-7H2,1H3. The Bertz CT molecular complexity index is 303. The minimum Gasteiger partial charge on any atom is -0.171 e. The minimum atomic E-state index is -4.13. The van der Waals surface area contributed by atoms with E-state index < -0.39 is 18.0 Å². The molecule has 0 aliphatic rings. The third kappa shape index (κ3) is 4.56. The van der Waals surface area contributed by atoms with Gasteiger partial charge in [-0.05, 0) is 18.9 Å². The summed E-state index contributed by atoms with van der Waals surface area (Å²) in [7, 11) is 0. The second-order valence-corrected chi connectivity index (χ2v) is 4.06. The van der Waals surface area contributed by atoms with Crippen LogP contribution < -0.4 is 0 Å². The molecule has 0 spiro atoms. The van der Waals surface area contributed by atoms with E-state index in [1.807, 2.05) is 19.1 Å². The minimum absolute atomic E-state index is 0.0753. The second-order valence-electron chi connectivity index (χ2n) is 3.53. The van der Waals surface area contributed by atoms with Crippen LogP contribution in [-0.2, 0) is 0 Å². The molecule has 0 nitrogen and oxygen atoms in total. The summed E-state index contributed by atoms with van der Waals surface area (Å²) in [6, 6.07) is 7.23. The number of benzene rings is 1. The Hall–Kier alpha value is -0.700. The van der Waals surface area contributed by atoms with E-state index in [2.05, 4.69) is 0 Å². The van der Waals surface area contributed by atoms with E-state index in [-0.39, 0.29) is 6.42 Å². The first-order valence-electron chi connectivity index (χ1n) is 4.66. The summed E-state index contributed by atoms with van der Waals surface area (Å²) in [5.74, 6) is 0. The van der Waals surface area contributed by atoms with Crippen molar-refractivity contribution >= 4 is 11.6 Å². The highest BCUT2D eigenvalue weighted by Gasteiger charge is 2.28. The summed E-state index contributed by atoms with van der Waals surface area (Å²) in [5.41, 5.74) is 1.81. The molecular weight excluding hydrogens is 225 g/mol. The van der Waals surface area contributed by atoms with Crippen molar-refractivity contribution in [2.45, 2.75) is 31.3 Å². The van der Waals surface area contributed by atoms with Gasteiger partial charge in [-0.25, -0.2) is 0 Å². The number of rotatable bonds is 3. The lowest BCUT2D eigenvalue weighted by atomic mass is 10.1. The van der Waals surface area contributed by atoms with Crippen molar-refractivity contribution < 1.29 is 13.2 Å². The van der Waals surface area contributed by atoms with Crippen LogP contribution in [0.4, 0.5) is 13.2 Å². The van der Waals surface area contributed by atoms with E-state index in [1.165, 1.54) is 0 Å². The quantitative estimate of drug-likeness (QED) is 0.672. The van der Waals surface area contributed by atoms with E-state index in [0.717, 1.165) is 11.1 Å². The summed E-state index contributed by atoms with van der Waals surface area (Å²) in [4.78, 5) is 0. The predicted octanol–water partition coefficient (Wildman–Crippen LogP) is 4.62. The van der Waals surface area contributed by atoms with Crippen molar-refractivity contribution in [3.05, 3.63) is 35.4 Å². The zero-order valence-corrected chi connectivity index (χ0v) is 9.07. The van der Waals surface area contributed by atoms with E-state index in [1.54, 1.807) is 12.1 Å². The SMILES string of the molecule is Cc1ccc(C(Cl)CCC(F)(F)F)cc1. The molecule has 0 saturated heterocycles. The van der Waals surface area contributed by atoms with Crippen LogP contribution in [0.3, 0.4) is 0 Å². The fourth-order valence-corrected chi connectivity index (χ4v) is 1.49. The molecule has 1 rings (SSSR count). The lowest BCUT2D eigenvalue weighted by Gasteiger charge is -2.11. The van der Waals surface area contributed by atoms with Crippen LogP contribution in [0, 0.1) is 6.92 Å². The number of alkyl halides is 4. The molecule has 0 heterocycles. The first-order chi connectivity index (χ1) is 6.88. The third-order valence-electron chi connectivity index (χ3n) is 2.12. The van der Waals surface area contributed by atoms with Crippen molar-refractivity contribution in [2.24, 2.45) is 0 Å². The number of hydrogen-bond donors (Lipinski definition) is 0. The summed E-state index contributed by atoms with van der Waals surface area (Å²) in [6.07, 6.45) is -5.04. The molecular formula is C11H12ClF3. The van der Waals surface area contributed by atoms with Crippen LogP contribution in [0.2, 0.25) is 0 Å². The molecule has 0 aliphatic carbocycles. The summed E-state index contributed by atoms with van der Waals surface area (Å²) in [6.45, 7) is 1.92. The third-order valence-corrected chi connectivity index (χ3v) is 2.59. The Morgan fingerprint density at radius 3 is 2.20 bits per heavy atom. The van der Waals surface area contributed by atoms with Crippen LogP contribution in [0.1, 0.15) is 29.3 Å². The van der Waals surface area contributed by atoms with Gasteiger partial charge in [0.05, 0.1) is 5.38 Å². The first kappa shape index (κ1) is 12.4. The molecule has 0 amide bonds. The van der Waals surface area contributed by atoms with Crippen LogP contribution in [0.25, 0.3) is 0 Å². The van der Waals surface area contributed by atoms with Gasteiger partial charge in [0, 0.05) is 6.42 Å². The summed E-state index contributed by atoms with van der Waals surface area (Å²) in [5, 5.41) is -0.563. The average molecular weight is 237 g/mol. The molecule has 0 fully saturated rings. The van der Waals surface area contributed by atoms with Gasteiger partial charge >= 0.3 is 6.18 Å².